The number of fused-ring (bicyclic) bond motifs is 1. The van der Waals surface area contributed by atoms with Crippen molar-refractivity contribution in [1.29, 1.82) is 0 Å². The average Bonchev–Trinajstić information content (AvgIpc) is 2.84. The summed E-state index contributed by atoms with van der Waals surface area (Å²) in [5, 5.41) is 3.03. The van der Waals surface area contributed by atoms with Gasteiger partial charge in [0.2, 0.25) is 5.91 Å². The monoisotopic (exact) mass is 541 g/mol. The third kappa shape index (κ3) is 6.32. The summed E-state index contributed by atoms with van der Waals surface area (Å²) in [6.45, 7) is 5.09. The standard InChI is InChI=1S/C27H32BrN3O2S/c1-2-22-11-5-6-15-30(22)16-8-14-29-26(32)19-31-23-12-3-4-13-24(23)34-25(27(31)33)18-20-9-7-10-21(28)17-20/h3-4,7,9-10,12-13,17-18,22H,2,5-6,8,11,14-16,19H2,1H3,(H,29,32). The zero-order valence-corrected chi connectivity index (χ0v) is 22.0. The van der Waals surface area contributed by atoms with Gasteiger partial charge in [-0.15, -0.1) is 0 Å². The summed E-state index contributed by atoms with van der Waals surface area (Å²) in [6.07, 6.45) is 7.89. The van der Waals surface area contributed by atoms with Crippen molar-refractivity contribution in [2.24, 2.45) is 0 Å². The minimum absolute atomic E-state index is 0.0214. The molecule has 2 amide bonds. The number of benzene rings is 2. The number of carbonyl (C=O) groups excluding carboxylic acids is 2. The first-order valence-corrected chi connectivity index (χ1v) is 13.7. The zero-order valence-electron chi connectivity index (χ0n) is 19.6. The molecule has 0 saturated carbocycles. The van der Waals surface area contributed by atoms with E-state index in [1.165, 1.54) is 37.4 Å². The highest BCUT2D eigenvalue weighted by atomic mass is 79.9. The molecule has 5 nitrogen and oxygen atoms in total. The number of hydrogen-bond acceptors (Lipinski definition) is 4. The van der Waals surface area contributed by atoms with E-state index < -0.39 is 0 Å². The smallest absolute Gasteiger partial charge is 0.265 e. The molecule has 0 aromatic heterocycles. The fourth-order valence-corrected chi connectivity index (χ4v) is 6.17. The molecule has 2 heterocycles. The van der Waals surface area contributed by atoms with E-state index in [1.807, 2.05) is 54.6 Å². The number of anilines is 1. The Morgan fingerprint density at radius 2 is 2.06 bits per heavy atom. The second-order valence-corrected chi connectivity index (χ2v) is 10.8. The maximum atomic E-state index is 13.4. The zero-order chi connectivity index (χ0) is 23.9. The van der Waals surface area contributed by atoms with Gasteiger partial charge in [-0.2, -0.15) is 0 Å². The molecule has 0 bridgehead atoms. The van der Waals surface area contributed by atoms with Gasteiger partial charge in [0.1, 0.15) is 6.54 Å². The van der Waals surface area contributed by atoms with E-state index in [2.05, 4.69) is 33.1 Å². The minimum Gasteiger partial charge on any atom is -0.355 e. The third-order valence-electron chi connectivity index (χ3n) is 6.44. The molecular weight excluding hydrogens is 510 g/mol. The lowest BCUT2D eigenvalue weighted by Crippen LogP contribution is -2.44. The van der Waals surface area contributed by atoms with Crippen LogP contribution in [-0.4, -0.2) is 48.9 Å². The molecule has 0 spiro atoms. The fourth-order valence-electron chi connectivity index (χ4n) is 4.69. The number of amides is 2. The molecule has 7 heteroatoms. The van der Waals surface area contributed by atoms with Gasteiger partial charge < -0.3 is 10.2 Å². The van der Waals surface area contributed by atoms with E-state index in [-0.39, 0.29) is 18.4 Å². The first kappa shape index (κ1) is 25.0. The SMILES string of the molecule is CCC1CCCCN1CCCNC(=O)CN1C(=O)C(=Cc2cccc(Br)c2)Sc2ccccc21. The highest BCUT2D eigenvalue weighted by Gasteiger charge is 2.30. The molecule has 0 aliphatic carbocycles. The second kappa shape index (κ2) is 12.0. The van der Waals surface area contributed by atoms with Crippen molar-refractivity contribution in [2.45, 2.75) is 50.0 Å². The number of thioether (sulfide) groups is 1. The van der Waals surface area contributed by atoms with Crippen molar-refractivity contribution in [2.75, 3.05) is 31.1 Å². The Morgan fingerprint density at radius 3 is 2.88 bits per heavy atom. The summed E-state index contributed by atoms with van der Waals surface area (Å²) < 4.78 is 0.960. The van der Waals surface area contributed by atoms with Crippen LogP contribution >= 0.6 is 27.7 Å². The van der Waals surface area contributed by atoms with Crippen LogP contribution in [0.25, 0.3) is 6.08 Å². The molecule has 2 aliphatic heterocycles. The Hall–Kier alpha value is -2.09. The van der Waals surface area contributed by atoms with Crippen LogP contribution < -0.4 is 10.2 Å². The predicted octanol–water partition coefficient (Wildman–Crippen LogP) is 5.70. The van der Waals surface area contributed by atoms with Crippen LogP contribution in [0, 0.1) is 0 Å². The maximum Gasteiger partial charge on any atom is 0.265 e. The normalized spacial score (nSPS) is 19.8. The third-order valence-corrected chi connectivity index (χ3v) is 8.02. The topological polar surface area (TPSA) is 52.7 Å². The highest BCUT2D eigenvalue weighted by Crippen LogP contribution is 2.42. The molecule has 180 valence electrons. The summed E-state index contributed by atoms with van der Waals surface area (Å²) in [6, 6.07) is 16.3. The lowest BCUT2D eigenvalue weighted by Gasteiger charge is -2.35. The number of likely N-dealkylation sites (tertiary alicyclic amines) is 1. The van der Waals surface area contributed by atoms with Crippen molar-refractivity contribution in [3.05, 3.63) is 63.5 Å². The lowest BCUT2D eigenvalue weighted by atomic mass is 10.00. The molecule has 1 fully saturated rings. The highest BCUT2D eigenvalue weighted by molar-refractivity contribution is 9.10. The van der Waals surface area contributed by atoms with Gasteiger partial charge in [0.25, 0.3) is 5.91 Å². The molecule has 1 unspecified atom stereocenters. The first-order chi connectivity index (χ1) is 16.5. The van der Waals surface area contributed by atoms with Crippen LogP contribution in [0.2, 0.25) is 0 Å². The quantitative estimate of drug-likeness (QED) is 0.344. The summed E-state index contributed by atoms with van der Waals surface area (Å²) in [7, 11) is 0. The molecule has 4 rings (SSSR count). The summed E-state index contributed by atoms with van der Waals surface area (Å²) in [4.78, 5) is 31.9. The van der Waals surface area contributed by atoms with Crippen LogP contribution in [0.5, 0.6) is 0 Å². The van der Waals surface area contributed by atoms with Crippen LogP contribution in [0.1, 0.15) is 44.6 Å². The molecular formula is C27H32BrN3O2S. The molecule has 0 radical (unpaired) electrons. The lowest BCUT2D eigenvalue weighted by molar-refractivity contribution is -0.122. The van der Waals surface area contributed by atoms with Gasteiger partial charge in [0, 0.05) is 28.5 Å². The largest absolute Gasteiger partial charge is 0.355 e. The number of piperidine rings is 1. The Kier molecular flexibility index (Phi) is 8.86. The van der Waals surface area contributed by atoms with Gasteiger partial charge in [0.05, 0.1) is 10.6 Å². The van der Waals surface area contributed by atoms with Crippen LogP contribution in [0.3, 0.4) is 0 Å². The molecule has 2 aromatic rings. The second-order valence-electron chi connectivity index (χ2n) is 8.82. The number of carbonyl (C=O) groups is 2. The van der Waals surface area contributed by atoms with Gasteiger partial charge in [-0.25, -0.2) is 0 Å². The minimum atomic E-state index is -0.141. The van der Waals surface area contributed by atoms with Crippen molar-refractivity contribution in [3.8, 4) is 0 Å². The Bertz CT molecular complexity index is 1060. The van der Waals surface area contributed by atoms with Crippen LogP contribution in [-0.2, 0) is 9.59 Å². The maximum absolute atomic E-state index is 13.4. The first-order valence-electron chi connectivity index (χ1n) is 12.1. The summed E-state index contributed by atoms with van der Waals surface area (Å²) >= 11 is 4.94. The number of para-hydroxylation sites is 1. The Labute approximate surface area is 215 Å². The molecule has 34 heavy (non-hydrogen) atoms. The number of nitrogens with zero attached hydrogens (tertiary/aromatic N) is 2. The summed E-state index contributed by atoms with van der Waals surface area (Å²) in [5.41, 5.74) is 1.73. The molecule has 1 atom stereocenters. The van der Waals surface area contributed by atoms with Crippen LogP contribution in [0.4, 0.5) is 5.69 Å². The van der Waals surface area contributed by atoms with E-state index >= 15 is 0 Å². The molecule has 1 saturated heterocycles. The Morgan fingerprint density at radius 1 is 1.21 bits per heavy atom. The predicted molar refractivity (Wildman–Crippen MR) is 144 cm³/mol. The number of hydrogen-bond donors (Lipinski definition) is 1. The number of rotatable bonds is 8. The molecule has 2 aliphatic rings. The van der Waals surface area contributed by atoms with Gasteiger partial charge in [0.15, 0.2) is 0 Å². The van der Waals surface area contributed by atoms with E-state index in [1.54, 1.807) is 4.90 Å². The average molecular weight is 543 g/mol. The fraction of sp³-hybridized carbons (Fsp3) is 0.407. The number of nitrogens with one attached hydrogen (secondary N) is 1. The van der Waals surface area contributed by atoms with Gasteiger partial charge in [-0.1, -0.05) is 65.3 Å². The van der Waals surface area contributed by atoms with Gasteiger partial charge in [-0.3, -0.25) is 14.5 Å². The molecule has 1 N–H and O–H groups in total. The summed E-state index contributed by atoms with van der Waals surface area (Å²) in [5.74, 6) is -0.263. The van der Waals surface area contributed by atoms with E-state index in [0.717, 1.165) is 40.1 Å². The van der Waals surface area contributed by atoms with Gasteiger partial charge in [-0.05, 0) is 68.1 Å². The Balaban J connectivity index is 1.38. The van der Waals surface area contributed by atoms with E-state index in [4.69, 9.17) is 0 Å². The van der Waals surface area contributed by atoms with Gasteiger partial charge >= 0.3 is 0 Å². The van der Waals surface area contributed by atoms with Crippen molar-refractivity contribution >= 4 is 51.3 Å². The van der Waals surface area contributed by atoms with E-state index in [9.17, 15) is 9.59 Å². The van der Waals surface area contributed by atoms with Crippen molar-refractivity contribution < 1.29 is 9.59 Å². The molecule has 2 aromatic carbocycles. The van der Waals surface area contributed by atoms with Crippen molar-refractivity contribution in [3.63, 3.8) is 0 Å². The number of halogens is 1. The van der Waals surface area contributed by atoms with Crippen molar-refractivity contribution in [1.82, 2.24) is 10.2 Å². The van der Waals surface area contributed by atoms with Crippen LogP contribution in [0.15, 0.2) is 62.8 Å². The van der Waals surface area contributed by atoms with E-state index in [0.29, 0.717) is 17.5 Å².